The first-order valence-electron chi connectivity index (χ1n) is 9.98. The molecule has 0 aliphatic rings. The number of imidazole rings is 1. The average Bonchev–Trinajstić information content (AvgIpc) is 3.21. The summed E-state index contributed by atoms with van der Waals surface area (Å²) >= 11 is 12.3. The maximum absolute atomic E-state index is 6.28. The molecule has 1 N–H and O–H groups in total. The van der Waals surface area contributed by atoms with E-state index >= 15 is 0 Å². The molecule has 1 heterocycles. The molecule has 30 heavy (non-hydrogen) atoms. The third-order valence-corrected chi connectivity index (χ3v) is 5.39. The van der Waals surface area contributed by atoms with Crippen molar-refractivity contribution in [2.45, 2.75) is 19.8 Å². The van der Waals surface area contributed by atoms with Crippen molar-refractivity contribution >= 4 is 46.1 Å². The van der Waals surface area contributed by atoms with Crippen LogP contribution in [0.2, 0.25) is 10.0 Å². The number of halogens is 2. The van der Waals surface area contributed by atoms with Gasteiger partial charge >= 0.3 is 0 Å². The molecule has 0 saturated carbocycles. The zero-order chi connectivity index (χ0) is 20.9. The fraction of sp³-hybridized carbons (Fsp3) is 0.160. The number of H-pyrrole nitrogens is 1. The highest BCUT2D eigenvalue weighted by Gasteiger charge is 2.07. The molecule has 0 radical (unpaired) electrons. The lowest BCUT2D eigenvalue weighted by molar-refractivity contribution is 0.310. The van der Waals surface area contributed by atoms with Crippen LogP contribution in [0.15, 0.2) is 60.8 Å². The Balaban J connectivity index is 1.50. The van der Waals surface area contributed by atoms with Crippen molar-refractivity contribution in [1.82, 2.24) is 9.97 Å². The standard InChI is InChI=1S/C25H22Cl2N2O/c1-2-3-12-30-21-9-7-18-13-17(4-6-19(18)14-21)5-11-25-28-16-24(29-25)22-10-8-20(26)15-23(22)27/h4-11,13-16H,2-3,12H2,1H3,(H,28,29). The predicted molar refractivity (Wildman–Crippen MR) is 127 cm³/mol. The Kier molecular flexibility index (Phi) is 6.41. The SMILES string of the molecule is CCCCOc1ccc2cc(C=Cc3nc(-c4ccc(Cl)cc4Cl)c[nH]3)ccc2c1. The van der Waals surface area contributed by atoms with Crippen LogP contribution in [0.4, 0.5) is 0 Å². The first kappa shape index (κ1) is 20.5. The van der Waals surface area contributed by atoms with Crippen molar-refractivity contribution < 1.29 is 4.74 Å². The van der Waals surface area contributed by atoms with Crippen LogP contribution in [-0.4, -0.2) is 16.6 Å². The third-order valence-electron chi connectivity index (χ3n) is 4.84. The van der Waals surface area contributed by atoms with Crippen LogP contribution in [0.3, 0.4) is 0 Å². The van der Waals surface area contributed by atoms with Crippen molar-refractivity contribution in [2.75, 3.05) is 6.61 Å². The quantitative estimate of drug-likeness (QED) is 0.299. The molecule has 4 rings (SSSR count). The molecule has 0 unspecified atom stereocenters. The molecule has 0 aliphatic carbocycles. The molecule has 0 amide bonds. The van der Waals surface area contributed by atoms with Crippen LogP contribution in [-0.2, 0) is 0 Å². The van der Waals surface area contributed by atoms with Gasteiger partial charge < -0.3 is 9.72 Å². The van der Waals surface area contributed by atoms with Crippen LogP contribution in [0, 0.1) is 0 Å². The minimum Gasteiger partial charge on any atom is -0.494 e. The normalized spacial score (nSPS) is 11.4. The number of fused-ring (bicyclic) bond motifs is 1. The van der Waals surface area contributed by atoms with E-state index in [0.29, 0.717) is 10.0 Å². The first-order chi connectivity index (χ1) is 14.6. The highest BCUT2D eigenvalue weighted by atomic mass is 35.5. The smallest absolute Gasteiger partial charge is 0.130 e. The Morgan fingerprint density at radius 2 is 1.80 bits per heavy atom. The zero-order valence-corrected chi connectivity index (χ0v) is 18.2. The van der Waals surface area contributed by atoms with Gasteiger partial charge in [-0.2, -0.15) is 0 Å². The number of ether oxygens (including phenoxy) is 1. The molecule has 0 spiro atoms. The van der Waals surface area contributed by atoms with Crippen molar-refractivity contribution in [3.05, 3.63) is 82.2 Å². The maximum Gasteiger partial charge on any atom is 0.130 e. The largest absolute Gasteiger partial charge is 0.494 e. The van der Waals surface area contributed by atoms with Gasteiger partial charge in [0.05, 0.1) is 17.3 Å². The number of aromatic nitrogens is 2. The van der Waals surface area contributed by atoms with Crippen molar-refractivity contribution in [1.29, 1.82) is 0 Å². The van der Waals surface area contributed by atoms with E-state index in [2.05, 4.69) is 47.2 Å². The van der Waals surface area contributed by atoms with Crippen molar-refractivity contribution in [3.63, 3.8) is 0 Å². The highest BCUT2D eigenvalue weighted by Crippen LogP contribution is 2.29. The molecular formula is C25H22Cl2N2O. The lowest BCUT2D eigenvalue weighted by Gasteiger charge is -2.07. The Morgan fingerprint density at radius 1 is 0.967 bits per heavy atom. The van der Waals surface area contributed by atoms with Gasteiger partial charge in [0.1, 0.15) is 11.6 Å². The van der Waals surface area contributed by atoms with E-state index in [9.17, 15) is 0 Å². The molecule has 1 aromatic heterocycles. The Morgan fingerprint density at radius 3 is 2.63 bits per heavy atom. The van der Waals surface area contributed by atoms with Gasteiger partial charge in [-0.05, 0) is 65.2 Å². The summed E-state index contributed by atoms with van der Waals surface area (Å²) in [6.45, 7) is 2.92. The van der Waals surface area contributed by atoms with Crippen LogP contribution < -0.4 is 4.74 Å². The van der Waals surface area contributed by atoms with E-state index in [1.165, 1.54) is 10.8 Å². The van der Waals surface area contributed by atoms with Crippen LogP contribution in [0.25, 0.3) is 34.2 Å². The van der Waals surface area contributed by atoms with Gasteiger partial charge in [-0.3, -0.25) is 0 Å². The van der Waals surface area contributed by atoms with Gasteiger partial charge in [0.2, 0.25) is 0 Å². The van der Waals surface area contributed by atoms with E-state index in [1.807, 2.05) is 36.5 Å². The van der Waals surface area contributed by atoms with Gasteiger partial charge in [-0.1, -0.05) is 60.8 Å². The summed E-state index contributed by atoms with van der Waals surface area (Å²) in [6, 6.07) is 18.0. The Labute approximate surface area is 186 Å². The number of nitrogens with one attached hydrogen (secondary N) is 1. The molecule has 0 atom stereocenters. The first-order valence-corrected chi connectivity index (χ1v) is 10.7. The molecule has 152 valence electrons. The van der Waals surface area contributed by atoms with Crippen LogP contribution >= 0.6 is 23.2 Å². The van der Waals surface area contributed by atoms with E-state index in [4.69, 9.17) is 27.9 Å². The average molecular weight is 437 g/mol. The fourth-order valence-corrected chi connectivity index (χ4v) is 3.71. The molecule has 0 bridgehead atoms. The van der Waals surface area contributed by atoms with Gasteiger partial charge in [-0.25, -0.2) is 4.98 Å². The van der Waals surface area contributed by atoms with Crippen LogP contribution in [0.1, 0.15) is 31.2 Å². The number of benzene rings is 3. The number of hydrogen-bond acceptors (Lipinski definition) is 2. The minimum absolute atomic E-state index is 0.581. The molecule has 3 aromatic carbocycles. The second-order valence-electron chi connectivity index (χ2n) is 7.10. The number of aromatic amines is 1. The number of unbranched alkanes of at least 4 members (excludes halogenated alkanes) is 1. The maximum atomic E-state index is 6.28. The summed E-state index contributed by atoms with van der Waals surface area (Å²) in [5.41, 5.74) is 2.73. The highest BCUT2D eigenvalue weighted by molar-refractivity contribution is 6.36. The molecule has 0 saturated heterocycles. The van der Waals surface area contributed by atoms with Crippen molar-refractivity contribution in [3.8, 4) is 17.0 Å². The summed E-state index contributed by atoms with van der Waals surface area (Å²) in [5.74, 6) is 1.68. The number of rotatable bonds is 7. The van der Waals surface area contributed by atoms with E-state index < -0.39 is 0 Å². The lowest BCUT2D eigenvalue weighted by atomic mass is 10.1. The van der Waals surface area contributed by atoms with Gasteiger partial charge in [-0.15, -0.1) is 0 Å². The number of nitrogens with zero attached hydrogens (tertiary/aromatic N) is 1. The predicted octanol–water partition coefficient (Wildman–Crippen LogP) is 7.89. The molecule has 5 heteroatoms. The van der Waals surface area contributed by atoms with Gasteiger partial charge in [0.15, 0.2) is 0 Å². The molecule has 4 aromatic rings. The van der Waals surface area contributed by atoms with Gasteiger partial charge in [0, 0.05) is 16.8 Å². The monoisotopic (exact) mass is 436 g/mol. The molecule has 0 fully saturated rings. The Hall–Kier alpha value is -2.75. The lowest BCUT2D eigenvalue weighted by Crippen LogP contribution is -1.95. The summed E-state index contributed by atoms with van der Waals surface area (Å²) in [4.78, 5) is 7.79. The molecule has 0 aliphatic heterocycles. The van der Waals surface area contributed by atoms with Gasteiger partial charge in [0.25, 0.3) is 0 Å². The van der Waals surface area contributed by atoms with E-state index in [1.54, 1.807) is 6.07 Å². The minimum atomic E-state index is 0.581. The number of hydrogen-bond donors (Lipinski definition) is 1. The molecular weight excluding hydrogens is 415 g/mol. The van der Waals surface area contributed by atoms with E-state index in [-0.39, 0.29) is 0 Å². The fourth-order valence-electron chi connectivity index (χ4n) is 3.20. The zero-order valence-electron chi connectivity index (χ0n) is 16.7. The third kappa shape index (κ3) is 4.86. The van der Waals surface area contributed by atoms with Crippen LogP contribution in [0.5, 0.6) is 5.75 Å². The summed E-state index contributed by atoms with van der Waals surface area (Å²) in [5, 5.41) is 3.53. The Bertz CT molecular complexity index is 1200. The topological polar surface area (TPSA) is 37.9 Å². The summed E-state index contributed by atoms with van der Waals surface area (Å²) in [6.07, 6.45) is 8.04. The second kappa shape index (κ2) is 9.38. The summed E-state index contributed by atoms with van der Waals surface area (Å²) < 4.78 is 5.80. The second-order valence-corrected chi connectivity index (χ2v) is 7.94. The summed E-state index contributed by atoms with van der Waals surface area (Å²) in [7, 11) is 0. The van der Waals surface area contributed by atoms with Crippen molar-refractivity contribution in [2.24, 2.45) is 0 Å². The van der Waals surface area contributed by atoms with E-state index in [0.717, 1.165) is 47.8 Å². The molecule has 3 nitrogen and oxygen atoms in total.